The van der Waals surface area contributed by atoms with E-state index in [-0.39, 0.29) is 42.6 Å². The van der Waals surface area contributed by atoms with Crippen LogP contribution in [0.5, 0.6) is 0 Å². The second-order valence-electron chi connectivity index (χ2n) is 14.0. The Balaban J connectivity index is 1.13. The van der Waals surface area contributed by atoms with Crippen LogP contribution in [0.25, 0.3) is 0 Å². The van der Waals surface area contributed by atoms with Gasteiger partial charge in [-0.3, -0.25) is 0 Å². The van der Waals surface area contributed by atoms with Gasteiger partial charge in [-0.2, -0.15) is 0 Å². The highest BCUT2D eigenvalue weighted by atomic mass is 16.6. The molecule has 3 rings (SSSR count). The Morgan fingerprint density at radius 2 is 1.09 bits per heavy atom. The van der Waals surface area contributed by atoms with Crippen LogP contribution in [0.1, 0.15) is 168 Å². The van der Waals surface area contributed by atoms with Gasteiger partial charge in [-0.15, -0.1) is 0 Å². The molecule has 3 aliphatic heterocycles. The highest BCUT2D eigenvalue weighted by Crippen LogP contribution is 2.34. The molecule has 3 aliphatic rings. The molecular weight excluding hydrogens is 556 g/mol. The molecule has 0 spiro atoms. The fourth-order valence-electron chi connectivity index (χ4n) is 7.28. The van der Waals surface area contributed by atoms with Crippen molar-refractivity contribution in [3.63, 3.8) is 0 Å². The zero-order chi connectivity index (χ0) is 31.6. The number of carbonyl (C=O) groups excluding carboxylic acids is 1. The van der Waals surface area contributed by atoms with E-state index in [2.05, 4.69) is 6.92 Å². The van der Waals surface area contributed by atoms with Crippen molar-refractivity contribution in [2.45, 2.75) is 217 Å². The van der Waals surface area contributed by atoms with Crippen LogP contribution in [-0.4, -0.2) is 70.1 Å². The van der Waals surface area contributed by atoms with E-state index >= 15 is 0 Å². The van der Waals surface area contributed by atoms with E-state index in [4.69, 9.17) is 14.2 Å². The predicted octanol–water partition coefficient (Wildman–Crippen LogP) is 7.86. The summed E-state index contributed by atoms with van der Waals surface area (Å²) in [6.07, 6.45) is 26.1. The van der Waals surface area contributed by atoms with E-state index in [0.29, 0.717) is 12.0 Å². The predicted molar refractivity (Wildman–Crippen MR) is 175 cm³/mol. The van der Waals surface area contributed by atoms with E-state index < -0.39 is 12.2 Å². The largest absolute Gasteiger partial charge is 0.455 e. The fraction of sp³-hybridized carbons (Fsp3) is 0.919. The van der Waals surface area contributed by atoms with Crippen molar-refractivity contribution in [1.29, 1.82) is 0 Å². The lowest BCUT2D eigenvalue weighted by molar-refractivity contribution is -0.139. The van der Waals surface area contributed by atoms with Crippen LogP contribution in [0.3, 0.4) is 0 Å². The lowest BCUT2D eigenvalue weighted by atomic mass is 10.00. The number of unbranched alkanes of at least 4 members (excludes halogenated alkanes) is 14. The first-order chi connectivity index (χ1) is 21.4. The molecular formula is C37H66O7. The Morgan fingerprint density at radius 1 is 0.659 bits per heavy atom. The highest BCUT2D eigenvalue weighted by Gasteiger charge is 2.40. The van der Waals surface area contributed by atoms with Gasteiger partial charge in [0.1, 0.15) is 6.10 Å². The summed E-state index contributed by atoms with van der Waals surface area (Å²) in [5, 5.41) is 31.6. The third kappa shape index (κ3) is 14.2. The molecule has 0 aromatic carbocycles. The zero-order valence-electron chi connectivity index (χ0n) is 28.1. The lowest BCUT2D eigenvalue weighted by Crippen LogP contribution is -2.33. The Hall–Kier alpha value is -0.990. The smallest absolute Gasteiger partial charge is 0.334 e. The molecule has 3 heterocycles. The Labute approximate surface area is 268 Å². The summed E-state index contributed by atoms with van der Waals surface area (Å²) in [5.41, 5.74) is 0.617. The van der Waals surface area contributed by atoms with Crippen molar-refractivity contribution in [3.8, 4) is 0 Å². The van der Waals surface area contributed by atoms with Gasteiger partial charge in [0.15, 0.2) is 0 Å². The number of aliphatic hydroxyl groups is 3. The van der Waals surface area contributed by atoms with E-state index in [1.807, 2.05) is 13.0 Å². The number of rotatable bonds is 25. The van der Waals surface area contributed by atoms with E-state index in [1.54, 1.807) is 0 Å². The molecule has 7 nitrogen and oxygen atoms in total. The number of esters is 1. The van der Waals surface area contributed by atoms with Gasteiger partial charge >= 0.3 is 5.97 Å². The number of hydrogen-bond acceptors (Lipinski definition) is 7. The molecule has 0 unspecified atom stereocenters. The molecule has 0 aromatic rings. The van der Waals surface area contributed by atoms with Crippen molar-refractivity contribution in [2.75, 3.05) is 0 Å². The van der Waals surface area contributed by atoms with E-state index in [1.165, 1.54) is 70.6 Å². The molecule has 0 amide bonds. The fourth-order valence-corrected chi connectivity index (χ4v) is 7.28. The van der Waals surface area contributed by atoms with Gasteiger partial charge in [0.05, 0.1) is 42.7 Å². The Bertz CT molecular complexity index is 801. The van der Waals surface area contributed by atoms with Crippen LogP contribution in [0.2, 0.25) is 0 Å². The SMILES string of the molecule is CCCCCCCCCC[C@H](O)[C@H]1CC[C@H]([C@H]2CC[C@H]([C@H](O)CCCCCCCCCC[C@@H](O)CC3=C[C@H](C)OC3=O)O2)O1. The van der Waals surface area contributed by atoms with Crippen molar-refractivity contribution in [3.05, 3.63) is 11.6 Å². The standard InChI is InChI=1S/C37H66O7/c1-3-4-5-6-7-11-14-17-20-31(39)33-22-24-35(43-33)36-25-23-34(44-36)32(40)21-18-15-12-9-8-10-13-16-19-30(38)27-29-26-28(2)42-37(29)41/h26,28,30-36,38-40H,3-25,27H2,1-2H3/t28-,30+,31-,32+,33+,34+,35+,36+/m0/s1. The summed E-state index contributed by atoms with van der Waals surface area (Å²) >= 11 is 0. The molecule has 0 radical (unpaired) electrons. The summed E-state index contributed by atoms with van der Waals surface area (Å²) in [6, 6.07) is 0. The molecule has 8 atom stereocenters. The van der Waals surface area contributed by atoms with Gasteiger partial charge in [0, 0.05) is 12.0 Å². The lowest BCUT2D eigenvalue weighted by Gasteiger charge is -2.24. The van der Waals surface area contributed by atoms with Crippen LogP contribution >= 0.6 is 0 Å². The van der Waals surface area contributed by atoms with Gasteiger partial charge < -0.3 is 29.5 Å². The molecule has 0 saturated carbocycles. The molecule has 256 valence electrons. The Morgan fingerprint density at radius 3 is 1.52 bits per heavy atom. The highest BCUT2D eigenvalue weighted by molar-refractivity contribution is 5.90. The number of hydrogen-bond donors (Lipinski definition) is 3. The van der Waals surface area contributed by atoms with E-state index in [9.17, 15) is 20.1 Å². The normalized spacial score (nSPS) is 27.4. The third-order valence-electron chi connectivity index (χ3n) is 10.0. The zero-order valence-corrected chi connectivity index (χ0v) is 28.1. The summed E-state index contributed by atoms with van der Waals surface area (Å²) in [4.78, 5) is 11.7. The Kier molecular flexibility index (Phi) is 18.5. The van der Waals surface area contributed by atoms with Crippen LogP contribution in [-0.2, 0) is 19.0 Å². The summed E-state index contributed by atoms with van der Waals surface area (Å²) in [6.45, 7) is 4.09. The van der Waals surface area contributed by atoms with E-state index in [0.717, 1.165) is 77.0 Å². The maximum absolute atomic E-state index is 11.7. The molecule has 44 heavy (non-hydrogen) atoms. The summed E-state index contributed by atoms with van der Waals surface area (Å²) in [5.74, 6) is -0.281. The summed E-state index contributed by atoms with van der Waals surface area (Å²) in [7, 11) is 0. The van der Waals surface area contributed by atoms with Gasteiger partial charge in [-0.05, 0) is 57.9 Å². The second-order valence-corrected chi connectivity index (χ2v) is 14.0. The third-order valence-corrected chi connectivity index (χ3v) is 10.0. The minimum absolute atomic E-state index is 0.0519. The molecule has 7 heteroatoms. The van der Waals surface area contributed by atoms with Crippen LogP contribution in [0.4, 0.5) is 0 Å². The first kappa shape index (κ1) is 37.5. The number of aliphatic hydroxyl groups excluding tert-OH is 3. The average molecular weight is 623 g/mol. The maximum Gasteiger partial charge on any atom is 0.334 e. The first-order valence-electron chi connectivity index (χ1n) is 18.6. The topological polar surface area (TPSA) is 105 Å². The average Bonchev–Trinajstić information content (AvgIpc) is 3.75. The minimum Gasteiger partial charge on any atom is -0.455 e. The second kappa shape index (κ2) is 21.7. The van der Waals surface area contributed by atoms with Crippen molar-refractivity contribution in [2.24, 2.45) is 0 Å². The quantitative estimate of drug-likeness (QED) is 0.0703. The molecule has 2 saturated heterocycles. The molecule has 0 aliphatic carbocycles. The molecule has 0 bridgehead atoms. The molecule has 0 aromatic heterocycles. The van der Waals surface area contributed by atoms with Crippen molar-refractivity contribution >= 4 is 5.97 Å². The van der Waals surface area contributed by atoms with Crippen LogP contribution in [0, 0.1) is 0 Å². The van der Waals surface area contributed by atoms with Crippen molar-refractivity contribution in [1.82, 2.24) is 0 Å². The first-order valence-corrected chi connectivity index (χ1v) is 18.6. The van der Waals surface area contributed by atoms with Gasteiger partial charge in [0.25, 0.3) is 0 Å². The number of cyclic esters (lactones) is 1. The number of ether oxygens (including phenoxy) is 3. The van der Waals surface area contributed by atoms with Crippen LogP contribution < -0.4 is 0 Å². The molecule has 2 fully saturated rings. The minimum atomic E-state index is -0.463. The summed E-state index contributed by atoms with van der Waals surface area (Å²) < 4.78 is 17.7. The maximum atomic E-state index is 11.7. The van der Waals surface area contributed by atoms with Gasteiger partial charge in [0.2, 0.25) is 0 Å². The van der Waals surface area contributed by atoms with Crippen LogP contribution in [0.15, 0.2) is 11.6 Å². The van der Waals surface area contributed by atoms with Gasteiger partial charge in [-0.1, -0.05) is 110 Å². The van der Waals surface area contributed by atoms with Crippen molar-refractivity contribution < 1.29 is 34.3 Å². The van der Waals surface area contributed by atoms with Gasteiger partial charge in [-0.25, -0.2) is 4.79 Å². The molecule has 3 N–H and O–H groups in total. The number of carbonyl (C=O) groups is 1. The monoisotopic (exact) mass is 622 g/mol.